The molecule has 0 fully saturated rings. The van der Waals surface area contributed by atoms with Gasteiger partial charge in [0.2, 0.25) is 6.04 Å². The molecule has 1 rings (SSSR count). The fourth-order valence-corrected chi connectivity index (χ4v) is 3.41. The third kappa shape index (κ3) is 12.1. The number of para-hydroxylation sites is 1. The van der Waals surface area contributed by atoms with E-state index in [-0.39, 0.29) is 18.0 Å². The summed E-state index contributed by atoms with van der Waals surface area (Å²) in [5.41, 5.74) is 0. The number of benzene rings is 1. The number of rotatable bonds is 18. The van der Waals surface area contributed by atoms with Gasteiger partial charge in [-0.05, 0) is 18.6 Å². The lowest BCUT2D eigenvalue weighted by molar-refractivity contribution is -0.562. The smallest absolute Gasteiger partial charge is 0.253 e. The van der Waals surface area contributed by atoms with Crippen LogP contribution < -0.4 is 4.74 Å². The minimum atomic E-state index is -1.08. The van der Waals surface area contributed by atoms with Gasteiger partial charge in [0.1, 0.15) is 5.75 Å². The van der Waals surface area contributed by atoms with Crippen LogP contribution in [0.25, 0.3) is 0 Å². The maximum Gasteiger partial charge on any atom is 0.253 e. The molecule has 0 aliphatic rings. The first-order chi connectivity index (χ1) is 14.0. The minimum absolute atomic E-state index is 0.0930. The topological polar surface area (TPSA) is 95.5 Å². The zero-order valence-electron chi connectivity index (χ0n) is 17.7. The Balaban J connectivity index is 2.27. The van der Waals surface area contributed by atoms with E-state index in [1.165, 1.54) is 38.5 Å². The fourth-order valence-electron chi connectivity index (χ4n) is 3.41. The number of nitro groups is 2. The van der Waals surface area contributed by atoms with Gasteiger partial charge in [0, 0.05) is 16.3 Å². The summed E-state index contributed by atoms with van der Waals surface area (Å²) >= 11 is 0. The van der Waals surface area contributed by atoms with Gasteiger partial charge < -0.3 is 4.74 Å². The van der Waals surface area contributed by atoms with E-state index in [1.807, 2.05) is 6.07 Å². The molecule has 0 aromatic heterocycles. The molecule has 0 saturated carbocycles. The van der Waals surface area contributed by atoms with Crippen molar-refractivity contribution in [3.63, 3.8) is 0 Å². The first kappa shape index (κ1) is 24.9. The van der Waals surface area contributed by atoms with Crippen molar-refractivity contribution in [3.8, 4) is 5.75 Å². The van der Waals surface area contributed by atoms with Crippen molar-refractivity contribution < 1.29 is 14.6 Å². The summed E-state index contributed by atoms with van der Waals surface area (Å²) in [5, 5.41) is 22.7. The second kappa shape index (κ2) is 15.7. The second-order valence-electron chi connectivity index (χ2n) is 7.71. The highest BCUT2D eigenvalue weighted by atomic mass is 16.6. The first-order valence-corrected chi connectivity index (χ1v) is 11.0. The van der Waals surface area contributed by atoms with Crippen LogP contribution in [-0.4, -0.2) is 28.5 Å². The quantitative estimate of drug-likeness (QED) is 0.167. The van der Waals surface area contributed by atoms with Gasteiger partial charge in [0.05, 0.1) is 6.42 Å². The monoisotopic (exact) mass is 408 g/mol. The third-order valence-electron chi connectivity index (χ3n) is 5.22. The van der Waals surface area contributed by atoms with Gasteiger partial charge in [-0.15, -0.1) is 0 Å². The Morgan fingerprint density at radius 1 is 0.793 bits per heavy atom. The molecule has 7 heteroatoms. The molecule has 0 amide bonds. The standard InChI is InChI=1S/C22H36N2O5/c1-2-3-4-5-6-7-8-9-10-12-15-20(23(25)26)18-21(24(27)28)19-29-22-16-13-11-14-17-22/h11,13-14,16-17,20-21H,2-10,12,15,18-19H2,1H3. The van der Waals surface area contributed by atoms with E-state index in [2.05, 4.69) is 6.92 Å². The summed E-state index contributed by atoms with van der Waals surface area (Å²) in [6, 6.07) is 6.85. The summed E-state index contributed by atoms with van der Waals surface area (Å²) in [6.07, 6.45) is 11.9. The molecule has 0 spiro atoms. The number of hydrogen-bond acceptors (Lipinski definition) is 5. The molecule has 164 valence electrons. The largest absolute Gasteiger partial charge is 0.486 e. The van der Waals surface area contributed by atoms with Crippen LogP contribution in [0.15, 0.2) is 30.3 Å². The van der Waals surface area contributed by atoms with Crippen LogP contribution in [0.4, 0.5) is 0 Å². The summed E-state index contributed by atoms with van der Waals surface area (Å²) in [6.45, 7) is 2.06. The average Bonchev–Trinajstić information content (AvgIpc) is 2.71. The normalized spacial score (nSPS) is 13.0. The maximum atomic E-state index is 11.4. The lowest BCUT2D eigenvalue weighted by atomic mass is 10.0. The molecule has 1 aromatic rings. The van der Waals surface area contributed by atoms with Crippen LogP contribution in [0.2, 0.25) is 0 Å². The van der Waals surface area contributed by atoms with Crippen molar-refractivity contribution in [3.05, 3.63) is 50.6 Å². The predicted molar refractivity (Wildman–Crippen MR) is 115 cm³/mol. The molecule has 0 N–H and O–H groups in total. The van der Waals surface area contributed by atoms with Crippen LogP contribution in [0.5, 0.6) is 5.75 Å². The Kier molecular flexibility index (Phi) is 13.5. The van der Waals surface area contributed by atoms with E-state index in [4.69, 9.17) is 4.74 Å². The maximum absolute atomic E-state index is 11.4. The Bertz CT molecular complexity index is 568. The van der Waals surface area contributed by atoms with E-state index in [9.17, 15) is 20.2 Å². The Morgan fingerprint density at radius 2 is 1.31 bits per heavy atom. The van der Waals surface area contributed by atoms with Crippen molar-refractivity contribution in [2.45, 2.75) is 96.1 Å². The highest BCUT2D eigenvalue weighted by Crippen LogP contribution is 2.17. The molecule has 0 bridgehead atoms. The van der Waals surface area contributed by atoms with E-state index < -0.39 is 17.0 Å². The molecule has 0 heterocycles. The lowest BCUT2D eigenvalue weighted by Gasteiger charge is -2.14. The average molecular weight is 409 g/mol. The number of ether oxygens (including phenoxy) is 1. The van der Waals surface area contributed by atoms with Gasteiger partial charge in [-0.1, -0.05) is 82.9 Å². The van der Waals surface area contributed by atoms with Crippen LogP contribution in [0.3, 0.4) is 0 Å². The van der Waals surface area contributed by atoms with Gasteiger partial charge in [-0.25, -0.2) is 0 Å². The second-order valence-corrected chi connectivity index (χ2v) is 7.71. The Morgan fingerprint density at radius 3 is 1.83 bits per heavy atom. The molecule has 0 aliphatic carbocycles. The molecular formula is C22H36N2O5. The lowest BCUT2D eigenvalue weighted by Crippen LogP contribution is -2.34. The van der Waals surface area contributed by atoms with E-state index in [0.29, 0.717) is 12.2 Å². The van der Waals surface area contributed by atoms with E-state index in [0.717, 1.165) is 25.7 Å². The zero-order valence-corrected chi connectivity index (χ0v) is 17.7. The highest BCUT2D eigenvalue weighted by Gasteiger charge is 2.32. The van der Waals surface area contributed by atoms with E-state index >= 15 is 0 Å². The van der Waals surface area contributed by atoms with Crippen molar-refractivity contribution in [2.24, 2.45) is 0 Å². The fraction of sp³-hybridized carbons (Fsp3) is 0.727. The summed E-state index contributed by atoms with van der Waals surface area (Å²) in [4.78, 5) is 21.9. The molecule has 0 radical (unpaired) electrons. The number of unbranched alkanes of at least 4 members (excludes halogenated alkanes) is 9. The molecule has 1 aromatic carbocycles. The van der Waals surface area contributed by atoms with Gasteiger partial charge in [-0.3, -0.25) is 20.2 Å². The van der Waals surface area contributed by atoms with Crippen molar-refractivity contribution >= 4 is 0 Å². The predicted octanol–water partition coefficient (Wildman–Crippen LogP) is 6.06. The van der Waals surface area contributed by atoms with Gasteiger partial charge in [0.25, 0.3) is 6.04 Å². The Hall–Kier alpha value is -2.18. The highest BCUT2D eigenvalue weighted by molar-refractivity contribution is 5.20. The summed E-state index contributed by atoms with van der Waals surface area (Å²) in [7, 11) is 0. The van der Waals surface area contributed by atoms with Crippen LogP contribution >= 0.6 is 0 Å². The number of nitrogens with zero attached hydrogens (tertiary/aromatic N) is 2. The number of hydrogen-bond donors (Lipinski definition) is 0. The zero-order chi connectivity index (χ0) is 21.3. The van der Waals surface area contributed by atoms with Crippen molar-refractivity contribution in [2.75, 3.05) is 6.61 Å². The summed E-state index contributed by atoms with van der Waals surface area (Å²) < 4.78 is 5.45. The van der Waals surface area contributed by atoms with Gasteiger partial charge in [0.15, 0.2) is 6.61 Å². The molecule has 2 unspecified atom stereocenters. The SMILES string of the molecule is CCCCCCCCCCCCC(CC(COc1ccccc1)[N+](=O)[O-])[N+](=O)[O-]. The molecule has 29 heavy (non-hydrogen) atoms. The third-order valence-corrected chi connectivity index (χ3v) is 5.22. The molecule has 2 atom stereocenters. The summed E-state index contributed by atoms with van der Waals surface area (Å²) in [5.74, 6) is 0.534. The van der Waals surface area contributed by atoms with Gasteiger partial charge >= 0.3 is 0 Å². The molecular weight excluding hydrogens is 372 g/mol. The van der Waals surface area contributed by atoms with Crippen LogP contribution in [0.1, 0.15) is 84.0 Å². The van der Waals surface area contributed by atoms with Crippen LogP contribution in [-0.2, 0) is 0 Å². The van der Waals surface area contributed by atoms with Crippen molar-refractivity contribution in [1.29, 1.82) is 0 Å². The van der Waals surface area contributed by atoms with Crippen molar-refractivity contribution in [1.82, 2.24) is 0 Å². The van der Waals surface area contributed by atoms with E-state index in [1.54, 1.807) is 24.3 Å². The molecule has 0 saturated heterocycles. The molecule has 7 nitrogen and oxygen atoms in total. The minimum Gasteiger partial charge on any atom is -0.486 e. The first-order valence-electron chi connectivity index (χ1n) is 11.0. The van der Waals surface area contributed by atoms with Crippen LogP contribution in [0, 0.1) is 20.2 Å². The molecule has 0 aliphatic heterocycles. The Labute approximate surface area is 174 Å². The van der Waals surface area contributed by atoms with Gasteiger partial charge in [-0.2, -0.15) is 0 Å².